The standard InChI is InChI=1S/C14H13ClFN5/c1-8-12(15)20-14-17-7-18-21(14)13(8)19-9(2)10-3-5-11(16)6-4-10/h3-7,9,19H,1-2H3. The number of halogens is 2. The number of fused-ring (bicyclic) bond motifs is 1. The van der Waals surface area contributed by atoms with Crippen LogP contribution in [0.2, 0.25) is 5.15 Å². The van der Waals surface area contributed by atoms with Crippen LogP contribution in [0.15, 0.2) is 30.6 Å². The number of hydrogen-bond acceptors (Lipinski definition) is 4. The van der Waals surface area contributed by atoms with E-state index in [1.165, 1.54) is 18.5 Å². The van der Waals surface area contributed by atoms with Crippen molar-refractivity contribution in [3.8, 4) is 0 Å². The largest absolute Gasteiger partial charge is 0.363 e. The van der Waals surface area contributed by atoms with Crippen molar-refractivity contribution in [1.29, 1.82) is 0 Å². The van der Waals surface area contributed by atoms with Crippen LogP contribution in [0.1, 0.15) is 24.1 Å². The van der Waals surface area contributed by atoms with E-state index in [2.05, 4.69) is 20.4 Å². The third kappa shape index (κ3) is 2.54. The van der Waals surface area contributed by atoms with E-state index in [0.29, 0.717) is 10.9 Å². The molecule has 3 rings (SSSR count). The maximum absolute atomic E-state index is 13.0. The first-order valence-electron chi connectivity index (χ1n) is 6.44. The summed E-state index contributed by atoms with van der Waals surface area (Å²) in [6.45, 7) is 3.83. The number of aromatic nitrogens is 4. The summed E-state index contributed by atoms with van der Waals surface area (Å²) >= 11 is 6.12. The van der Waals surface area contributed by atoms with Crippen LogP contribution in [-0.2, 0) is 0 Å². The van der Waals surface area contributed by atoms with Crippen LogP contribution >= 0.6 is 11.6 Å². The molecule has 0 bridgehead atoms. The summed E-state index contributed by atoms with van der Waals surface area (Å²) in [6, 6.07) is 6.30. The predicted octanol–water partition coefficient (Wildman–Crippen LogP) is 3.40. The molecule has 1 N–H and O–H groups in total. The average molecular weight is 306 g/mol. The van der Waals surface area contributed by atoms with Crippen LogP contribution in [0, 0.1) is 12.7 Å². The van der Waals surface area contributed by atoms with E-state index in [1.54, 1.807) is 16.6 Å². The molecule has 7 heteroatoms. The number of anilines is 1. The van der Waals surface area contributed by atoms with Gasteiger partial charge in [0.25, 0.3) is 5.78 Å². The molecule has 0 spiro atoms. The number of hydrogen-bond donors (Lipinski definition) is 1. The maximum Gasteiger partial charge on any atom is 0.255 e. The van der Waals surface area contributed by atoms with E-state index in [4.69, 9.17) is 11.6 Å². The van der Waals surface area contributed by atoms with Gasteiger partial charge in [0, 0.05) is 11.6 Å². The Hall–Kier alpha value is -2.21. The Balaban J connectivity index is 1.99. The zero-order chi connectivity index (χ0) is 15.0. The van der Waals surface area contributed by atoms with Gasteiger partial charge in [0.15, 0.2) is 0 Å². The van der Waals surface area contributed by atoms with E-state index in [-0.39, 0.29) is 11.9 Å². The van der Waals surface area contributed by atoms with E-state index in [0.717, 1.165) is 16.9 Å². The Morgan fingerprint density at radius 1 is 1.29 bits per heavy atom. The van der Waals surface area contributed by atoms with Crippen LogP contribution in [-0.4, -0.2) is 19.6 Å². The van der Waals surface area contributed by atoms with E-state index < -0.39 is 0 Å². The van der Waals surface area contributed by atoms with Gasteiger partial charge in [-0.15, -0.1) is 0 Å². The normalized spacial score (nSPS) is 12.6. The second-order valence-electron chi connectivity index (χ2n) is 4.77. The highest BCUT2D eigenvalue weighted by Gasteiger charge is 2.15. The summed E-state index contributed by atoms with van der Waals surface area (Å²) in [5.41, 5.74) is 1.74. The molecule has 0 saturated carbocycles. The summed E-state index contributed by atoms with van der Waals surface area (Å²) in [4.78, 5) is 8.19. The van der Waals surface area contributed by atoms with Crippen LogP contribution < -0.4 is 5.32 Å². The number of nitrogens with zero attached hydrogens (tertiary/aromatic N) is 4. The van der Waals surface area contributed by atoms with Gasteiger partial charge in [-0.2, -0.15) is 19.6 Å². The summed E-state index contributed by atoms with van der Waals surface area (Å²) < 4.78 is 14.6. The molecule has 108 valence electrons. The van der Waals surface area contributed by atoms with Crippen LogP contribution in [0.25, 0.3) is 5.78 Å². The first-order chi connectivity index (χ1) is 10.1. The topological polar surface area (TPSA) is 55.1 Å². The predicted molar refractivity (Wildman–Crippen MR) is 79.0 cm³/mol. The molecule has 0 aliphatic rings. The average Bonchev–Trinajstić information content (AvgIpc) is 2.92. The molecule has 0 aliphatic heterocycles. The molecule has 0 radical (unpaired) electrons. The maximum atomic E-state index is 13.0. The minimum absolute atomic E-state index is 0.0461. The lowest BCUT2D eigenvalue weighted by molar-refractivity contribution is 0.626. The Morgan fingerprint density at radius 2 is 2.00 bits per heavy atom. The smallest absolute Gasteiger partial charge is 0.255 e. The van der Waals surface area contributed by atoms with Gasteiger partial charge in [0.2, 0.25) is 0 Å². The Kier molecular flexibility index (Phi) is 3.47. The lowest BCUT2D eigenvalue weighted by Gasteiger charge is -2.18. The lowest BCUT2D eigenvalue weighted by Crippen LogP contribution is -2.13. The highest BCUT2D eigenvalue weighted by atomic mass is 35.5. The first kappa shape index (κ1) is 13.8. The van der Waals surface area contributed by atoms with Gasteiger partial charge in [-0.3, -0.25) is 0 Å². The van der Waals surface area contributed by atoms with Crippen molar-refractivity contribution in [2.45, 2.75) is 19.9 Å². The number of rotatable bonds is 3. The van der Waals surface area contributed by atoms with Gasteiger partial charge in [-0.05, 0) is 31.5 Å². The SMILES string of the molecule is Cc1c(Cl)nc2ncnn2c1NC(C)c1ccc(F)cc1. The van der Waals surface area contributed by atoms with E-state index in [9.17, 15) is 4.39 Å². The molecule has 5 nitrogen and oxygen atoms in total. The Labute approximate surface area is 125 Å². The highest BCUT2D eigenvalue weighted by molar-refractivity contribution is 6.30. The van der Waals surface area contributed by atoms with Crippen LogP contribution in [0.5, 0.6) is 0 Å². The van der Waals surface area contributed by atoms with Crippen molar-refractivity contribution >= 4 is 23.2 Å². The molecule has 0 amide bonds. The number of nitrogens with one attached hydrogen (secondary N) is 1. The fourth-order valence-corrected chi connectivity index (χ4v) is 2.27. The molecule has 1 unspecified atom stereocenters. The van der Waals surface area contributed by atoms with Crippen molar-refractivity contribution < 1.29 is 4.39 Å². The van der Waals surface area contributed by atoms with Crippen molar-refractivity contribution in [2.24, 2.45) is 0 Å². The van der Waals surface area contributed by atoms with Crippen LogP contribution in [0.4, 0.5) is 10.2 Å². The summed E-state index contributed by atoms with van der Waals surface area (Å²) in [5.74, 6) is 0.895. The Bertz CT molecular complexity index is 784. The molecule has 1 atom stereocenters. The van der Waals surface area contributed by atoms with Gasteiger partial charge in [-0.25, -0.2) is 4.39 Å². The van der Waals surface area contributed by atoms with E-state index in [1.807, 2.05) is 13.8 Å². The van der Waals surface area contributed by atoms with Gasteiger partial charge in [0.1, 0.15) is 23.1 Å². The first-order valence-corrected chi connectivity index (χ1v) is 6.82. The monoisotopic (exact) mass is 305 g/mol. The van der Waals surface area contributed by atoms with Crippen molar-refractivity contribution in [3.63, 3.8) is 0 Å². The molecule has 0 fully saturated rings. The molecular weight excluding hydrogens is 293 g/mol. The van der Waals surface area contributed by atoms with Gasteiger partial charge >= 0.3 is 0 Å². The molecule has 3 aromatic rings. The fraction of sp³-hybridized carbons (Fsp3) is 0.214. The highest BCUT2D eigenvalue weighted by Crippen LogP contribution is 2.26. The van der Waals surface area contributed by atoms with Crippen molar-refractivity contribution in [2.75, 3.05) is 5.32 Å². The second-order valence-corrected chi connectivity index (χ2v) is 5.12. The second kappa shape index (κ2) is 5.29. The minimum Gasteiger partial charge on any atom is -0.363 e. The molecule has 2 heterocycles. The zero-order valence-electron chi connectivity index (χ0n) is 11.5. The lowest BCUT2D eigenvalue weighted by atomic mass is 10.1. The summed E-state index contributed by atoms with van der Waals surface area (Å²) in [5, 5.41) is 7.85. The molecule has 1 aromatic carbocycles. The fourth-order valence-electron chi connectivity index (χ4n) is 2.11. The van der Waals surface area contributed by atoms with Crippen LogP contribution in [0.3, 0.4) is 0 Å². The minimum atomic E-state index is -0.257. The van der Waals surface area contributed by atoms with Gasteiger partial charge in [0.05, 0.1) is 0 Å². The molecule has 0 aliphatic carbocycles. The van der Waals surface area contributed by atoms with Crippen molar-refractivity contribution in [1.82, 2.24) is 19.6 Å². The number of benzene rings is 1. The quantitative estimate of drug-likeness (QED) is 0.754. The van der Waals surface area contributed by atoms with Gasteiger partial charge in [-0.1, -0.05) is 23.7 Å². The zero-order valence-corrected chi connectivity index (χ0v) is 12.3. The molecular formula is C14H13ClFN5. The molecule has 0 saturated heterocycles. The molecule has 21 heavy (non-hydrogen) atoms. The summed E-state index contributed by atoms with van der Waals surface area (Å²) in [7, 11) is 0. The third-order valence-electron chi connectivity index (χ3n) is 3.33. The Morgan fingerprint density at radius 3 is 2.71 bits per heavy atom. The molecule has 2 aromatic heterocycles. The summed E-state index contributed by atoms with van der Waals surface area (Å²) in [6.07, 6.45) is 1.42. The van der Waals surface area contributed by atoms with Crippen molar-refractivity contribution in [3.05, 3.63) is 52.7 Å². The third-order valence-corrected chi connectivity index (χ3v) is 3.70. The van der Waals surface area contributed by atoms with Gasteiger partial charge < -0.3 is 5.32 Å². The van der Waals surface area contributed by atoms with E-state index >= 15 is 0 Å².